The normalized spacial score (nSPS) is 23.2. The Morgan fingerprint density at radius 1 is 1.38 bits per heavy atom. The van der Waals surface area contributed by atoms with Gasteiger partial charge in [0.25, 0.3) is 0 Å². The van der Waals surface area contributed by atoms with Crippen LogP contribution < -0.4 is 0 Å². The van der Waals surface area contributed by atoms with Gasteiger partial charge in [-0.1, -0.05) is 19.4 Å². The van der Waals surface area contributed by atoms with E-state index in [9.17, 15) is 0 Å². The highest BCUT2D eigenvalue weighted by atomic mass is 14.3. The molecule has 1 aliphatic carbocycles. The van der Waals surface area contributed by atoms with Crippen LogP contribution in [0.3, 0.4) is 0 Å². The van der Waals surface area contributed by atoms with Crippen molar-refractivity contribution < 1.29 is 0 Å². The monoisotopic (exact) mass is 217 g/mol. The van der Waals surface area contributed by atoms with Gasteiger partial charge in [-0.15, -0.1) is 0 Å². The summed E-state index contributed by atoms with van der Waals surface area (Å²) in [5, 5.41) is 8.97. The Morgan fingerprint density at radius 3 is 2.50 bits per heavy atom. The third-order valence-electron chi connectivity index (χ3n) is 4.00. The quantitative estimate of drug-likeness (QED) is 0.619. The van der Waals surface area contributed by atoms with E-state index in [1.165, 1.54) is 29.6 Å². The molecule has 0 aliphatic heterocycles. The van der Waals surface area contributed by atoms with Gasteiger partial charge in [0.1, 0.15) is 0 Å². The predicted molar refractivity (Wildman–Crippen MR) is 68.9 cm³/mol. The van der Waals surface area contributed by atoms with Crippen LogP contribution in [0.4, 0.5) is 0 Å². The highest BCUT2D eigenvalue weighted by Gasteiger charge is 2.22. The fraction of sp³-hybridized carbons (Fsp3) is 0.667. The van der Waals surface area contributed by atoms with E-state index in [0.717, 1.165) is 23.8 Å². The molecule has 1 rings (SSSR count). The topological polar surface area (TPSA) is 23.8 Å². The van der Waals surface area contributed by atoms with Crippen LogP contribution in [0.2, 0.25) is 0 Å². The molecule has 0 aromatic rings. The molecule has 1 aliphatic rings. The lowest BCUT2D eigenvalue weighted by atomic mass is 9.76. The maximum Gasteiger partial charge on any atom is 0.0946 e. The number of nitriles is 1. The Bertz CT molecular complexity index is 363. The van der Waals surface area contributed by atoms with Gasteiger partial charge in [0.2, 0.25) is 0 Å². The molecule has 0 amide bonds. The van der Waals surface area contributed by atoms with Crippen LogP contribution in [0.1, 0.15) is 53.9 Å². The molecule has 0 spiro atoms. The summed E-state index contributed by atoms with van der Waals surface area (Å²) in [4.78, 5) is 0. The van der Waals surface area contributed by atoms with Gasteiger partial charge in [-0.3, -0.25) is 0 Å². The van der Waals surface area contributed by atoms with Crippen molar-refractivity contribution in [2.45, 2.75) is 53.9 Å². The Hall–Kier alpha value is -1.03. The van der Waals surface area contributed by atoms with Gasteiger partial charge < -0.3 is 0 Å². The molecule has 0 aromatic carbocycles. The van der Waals surface area contributed by atoms with E-state index in [1.807, 2.05) is 6.92 Å². The molecule has 1 heteroatoms. The third kappa shape index (κ3) is 2.76. The molecule has 0 radical (unpaired) electrons. The van der Waals surface area contributed by atoms with Crippen molar-refractivity contribution >= 4 is 0 Å². The van der Waals surface area contributed by atoms with E-state index in [-0.39, 0.29) is 0 Å². The Balaban J connectivity index is 2.99. The molecule has 0 aromatic heterocycles. The van der Waals surface area contributed by atoms with Crippen molar-refractivity contribution in [3.05, 3.63) is 22.3 Å². The highest BCUT2D eigenvalue weighted by molar-refractivity contribution is 5.42. The summed E-state index contributed by atoms with van der Waals surface area (Å²) in [6.07, 6.45) is 3.68. The number of rotatable bonds is 2. The van der Waals surface area contributed by atoms with E-state index in [0.29, 0.717) is 0 Å². The molecule has 0 saturated carbocycles. The van der Waals surface area contributed by atoms with Gasteiger partial charge in [0.15, 0.2) is 0 Å². The smallest absolute Gasteiger partial charge is 0.0946 e. The minimum atomic E-state index is 0.748. The Morgan fingerprint density at radius 2 is 2.00 bits per heavy atom. The van der Waals surface area contributed by atoms with Gasteiger partial charge in [-0.05, 0) is 63.0 Å². The summed E-state index contributed by atoms with van der Waals surface area (Å²) in [6, 6.07) is 2.27. The van der Waals surface area contributed by atoms with Crippen molar-refractivity contribution in [3.8, 4) is 6.07 Å². The number of hydrogen-bond acceptors (Lipinski definition) is 1. The zero-order valence-electron chi connectivity index (χ0n) is 11.2. The Kier molecular flexibility index (Phi) is 4.35. The average molecular weight is 217 g/mol. The number of allylic oxidation sites excluding steroid dienone is 4. The van der Waals surface area contributed by atoms with Crippen LogP contribution in [0, 0.1) is 23.2 Å². The number of hydrogen-bond donors (Lipinski definition) is 0. The first-order valence-electron chi connectivity index (χ1n) is 6.24. The van der Waals surface area contributed by atoms with Crippen molar-refractivity contribution in [2.75, 3.05) is 0 Å². The van der Waals surface area contributed by atoms with E-state index in [1.54, 1.807) is 0 Å². The molecule has 88 valence electrons. The van der Waals surface area contributed by atoms with Gasteiger partial charge in [-0.25, -0.2) is 0 Å². The summed E-state index contributed by atoms with van der Waals surface area (Å²) in [5.74, 6) is 1.54. The van der Waals surface area contributed by atoms with Crippen LogP contribution in [-0.2, 0) is 0 Å². The second kappa shape index (κ2) is 5.34. The third-order valence-corrected chi connectivity index (χ3v) is 4.00. The molecule has 1 unspecified atom stereocenters. The van der Waals surface area contributed by atoms with Gasteiger partial charge >= 0.3 is 0 Å². The van der Waals surface area contributed by atoms with E-state index >= 15 is 0 Å². The van der Waals surface area contributed by atoms with E-state index in [4.69, 9.17) is 5.26 Å². The molecule has 0 saturated heterocycles. The summed E-state index contributed by atoms with van der Waals surface area (Å²) in [6.45, 7) is 10.9. The molecule has 1 atom stereocenters. The lowest BCUT2D eigenvalue weighted by Crippen LogP contribution is -2.16. The molecule has 0 N–H and O–H groups in total. The summed E-state index contributed by atoms with van der Waals surface area (Å²) in [7, 11) is 0. The van der Waals surface area contributed by atoms with Crippen LogP contribution in [-0.4, -0.2) is 0 Å². The summed E-state index contributed by atoms with van der Waals surface area (Å²) in [5.41, 5.74) is 5.03. The zero-order chi connectivity index (χ0) is 12.3. The first kappa shape index (κ1) is 13.0. The van der Waals surface area contributed by atoms with Crippen LogP contribution in [0.5, 0.6) is 0 Å². The standard InChI is InChI=1S/C15H23N/c1-10(2)14-7-6-11(3)15(8-14)13(5)12(4)9-16/h10,14H,6-8H2,1-5H3. The lowest BCUT2D eigenvalue weighted by Gasteiger charge is -2.29. The molecule has 0 fully saturated rings. The minimum Gasteiger partial charge on any atom is -0.193 e. The predicted octanol–water partition coefficient (Wildman–Crippen LogP) is 4.62. The Labute approximate surface area is 99.9 Å². The second-order valence-electron chi connectivity index (χ2n) is 5.37. The summed E-state index contributed by atoms with van der Waals surface area (Å²) < 4.78 is 0. The maximum atomic E-state index is 8.97. The largest absolute Gasteiger partial charge is 0.193 e. The van der Waals surface area contributed by atoms with Gasteiger partial charge in [0.05, 0.1) is 6.07 Å². The molecule has 1 nitrogen and oxygen atoms in total. The molecular weight excluding hydrogens is 194 g/mol. The van der Waals surface area contributed by atoms with E-state index < -0.39 is 0 Å². The van der Waals surface area contributed by atoms with Crippen LogP contribution in [0.25, 0.3) is 0 Å². The fourth-order valence-corrected chi connectivity index (χ4v) is 2.44. The average Bonchev–Trinajstić information content (AvgIpc) is 2.27. The lowest BCUT2D eigenvalue weighted by molar-refractivity contribution is 0.343. The van der Waals surface area contributed by atoms with Crippen LogP contribution in [0.15, 0.2) is 22.3 Å². The highest BCUT2D eigenvalue weighted by Crippen LogP contribution is 2.37. The zero-order valence-corrected chi connectivity index (χ0v) is 11.2. The summed E-state index contributed by atoms with van der Waals surface area (Å²) >= 11 is 0. The van der Waals surface area contributed by atoms with Crippen molar-refractivity contribution in [1.82, 2.24) is 0 Å². The maximum absolute atomic E-state index is 8.97. The number of nitrogens with zero attached hydrogens (tertiary/aromatic N) is 1. The fourth-order valence-electron chi connectivity index (χ4n) is 2.44. The first-order chi connectivity index (χ1) is 7.47. The van der Waals surface area contributed by atoms with Crippen molar-refractivity contribution in [1.29, 1.82) is 5.26 Å². The van der Waals surface area contributed by atoms with Crippen molar-refractivity contribution in [3.63, 3.8) is 0 Å². The van der Waals surface area contributed by atoms with Gasteiger partial charge in [0, 0.05) is 5.57 Å². The molecular formula is C15H23N. The van der Waals surface area contributed by atoms with Crippen LogP contribution >= 0.6 is 0 Å². The second-order valence-corrected chi connectivity index (χ2v) is 5.37. The molecule has 0 bridgehead atoms. The molecule has 0 heterocycles. The van der Waals surface area contributed by atoms with Crippen molar-refractivity contribution in [2.24, 2.45) is 11.8 Å². The molecule has 16 heavy (non-hydrogen) atoms. The minimum absolute atomic E-state index is 0.748. The van der Waals surface area contributed by atoms with Gasteiger partial charge in [-0.2, -0.15) is 5.26 Å². The SMILES string of the molecule is CC(C#N)=C(C)C1=C(C)CCC(C(C)C)C1. The first-order valence-corrected chi connectivity index (χ1v) is 6.24. The van der Waals surface area contributed by atoms with E-state index in [2.05, 4.69) is 33.8 Å².